The quantitative estimate of drug-likeness (QED) is 0.865. The van der Waals surface area contributed by atoms with E-state index in [2.05, 4.69) is 24.1 Å². The maximum absolute atomic E-state index is 12.4. The second-order valence-electron chi connectivity index (χ2n) is 5.95. The van der Waals surface area contributed by atoms with Gasteiger partial charge in [-0.2, -0.15) is 0 Å². The first-order valence-electron chi connectivity index (χ1n) is 7.41. The first kappa shape index (κ1) is 19.1. The van der Waals surface area contributed by atoms with Gasteiger partial charge in [-0.05, 0) is 30.9 Å². The van der Waals surface area contributed by atoms with Gasteiger partial charge in [0.25, 0.3) is 11.5 Å². The van der Waals surface area contributed by atoms with Gasteiger partial charge in [0.2, 0.25) is 0 Å². The van der Waals surface area contributed by atoms with Gasteiger partial charge in [0.15, 0.2) is 0 Å². The third kappa shape index (κ3) is 4.53. The molecule has 0 spiro atoms. The Labute approximate surface area is 141 Å². The molecular formula is C16H23ClN4O2. The van der Waals surface area contributed by atoms with E-state index in [9.17, 15) is 9.59 Å². The zero-order valence-corrected chi connectivity index (χ0v) is 14.4. The molecule has 0 aromatic carbocycles. The Morgan fingerprint density at radius 1 is 1.39 bits per heavy atom. The molecule has 2 aromatic rings. The number of aryl methyl sites for hydroxylation is 1. The van der Waals surface area contributed by atoms with Gasteiger partial charge in [0.1, 0.15) is 11.2 Å². The van der Waals surface area contributed by atoms with Crippen LogP contribution in [0.15, 0.2) is 29.3 Å². The predicted molar refractivity (Wildman–Crippen MR) is 93.2 cm³/mol. The summed E-state index contributed by atoms with van der Waals surface area (Å²) >= 11 is 0. The molecule has 3 N–H and O–H groups in total. The SMILES string of the molecule is Cc1ccc2ncc(C(=O)NC(CN)CC(C)C)c(=O)n2c1.Cl. The van der Waals surface area contributed by atoms with Crippen LogP contribution in [0.3, 0.4) is 0 Å². The lowest BCUT2D eigenvalue weighted by Crippen LogP contribution is -2.43. The Morgan fingerprint density at radius 2 is 2.09 bits per heavy atom. The third-order valence-corrected chi connectivity index (χ3v) is 3.47. The lowest BCUT2D eigenvalue weighted by atomic mass is 10.0. The number of fused-ring (bicyclic) bond motifs is 1. The number of amides is 1. The van der Waals surface area contributed by atoms with Crippen LogP contribution >= 0.6 is 12.4 Å². The second-order valence-corrected chi connectivity index (χ2v) is 5.95. The minimum absolute atomic E-state index is 0. The fourth-order valence-corrected chi connectivity index (χ4v) is 2.38. The summed E-state index contributed by atoms with van der Waals surface area (Å²) in [4.78, 5) is 28.9. The summed E-state index contributed by atoms with van der Waals surface area (Å²) in [6, 6.07) is 3.47. The van der Waals surface area contributed by atoms with Crippen molar-refractivity contribution < 1.29 is 4.79 Å². The Bertz CT molecular complexity index is 742. The largest absolute Gasteiger partial charge is 0.348 e. The lowest BCUT2D eigenvalue weighted by Gasteiger charge is -2.18. The second kappa shape index (κ2) is 8.08. The van der Waals surface area contributed by atoms with Crippen LogP contribution in [0.1, 0.15) is 36.2 Å². The van der Waals surface area contributed by atoms with Crippen molar-refractivity contribution in [3.05, 3.63) is 46.0 Å². The Hall–Kier alpha value is -1.92. The third-order valence-electron chi connectivity index (χ3n) is 3.47. The van der Waals surface area contributed by atoms with Crippen LogP contribution in [0, 0.1) is 12.8 Å². The van der Waals surface area contributed by atoms with Gasteiger partial charge < -0.3 is 11.1 Å². The summed E-state index contributed by atoms with van der Waals surface area (Å²) in [5.41, 5.74) is 6.79. The molecule has 126 valence electrons. The Morgan fingerprint density at radius 3 is 2.70 bits per heavy atom. The molecule has 7 heteroatoms. The summed E-state index contributed by atoms with van der Waals surface area (Å²) < 4.78 is 1.39. The van der Waals surface area contributed by atoms with E-state index in [-0.39, 0.29) is 29.6 Å². The average molecular weight is 339 g/mol. The molecule has 23 heavy (non-hydrogen) atoms. The number of aromatic nitrogens is 2. The van der Waals surface area contributed by atoms with E-state index in [0.717, 1.165) is 12.0 Å². The minimum Gasteiger partial charge on any atom is -0.348 e. The van der Waals surface area contributed by atoms with Crippen LogP contribution in [-0.2, 0) is 0 Å². The van der Waals surface area contributed by atoms with E-state index in [1.807, 2.05) is 13.0 Å². The smallest absolute Gasteiger partial charge is 0.270 e. The highest BCUT2D eigenvalue weighted by Gasteiger charge is 2.17. The van der Waals surface area contributed by atoms with E-state index in [0.29, 0.717) is 18.1 Å². The van der Waals surface area contributed by atoms with E-state index >= 15 is 0 Å². The molecule has 0 saturated carbocycles. The summed E-state index contributed by atoms with van der Waals surface area (Å²) in [6.45, 7) is 6.34. The van der Waals surface area contributed by atoms with Crippen LogP contribution < -0.4 is 16.6 Å². The molecular weight excluding hydrogens is 316 g/mol. The van der Waals surface area contributed by atoms with Crippen molar-refractivity contribution in [3.8, 4) is 0 Å². The minimum atomic E-state index is -0.426. The van der Waals surface area contributed by atoms with Crippen LogP contribution in [0.4, 0.5) is 0 Å². The molecule has 0 saturated heterocycles. The van der Waals surface area contributed by atoms with Crippen LogP contribution in [0.5, 0.6) is 0 Å². The highest BCUT2D eigenvalue weighted by molar-refractivity contribution is 5.93. The lowest BCUT2D eigenvalue weighted by molar-refractivity contribution is 0.0931. The molecule has 6 nitrogen and oxygen atoms in total. The summed E-state index contributed by atoms with van der Waals surface area (Å²) in [5.74, 6) is -0.0168. The summed E-state index contributed by atoms with van der Waals surface area (Å²) in [7, 11) is 0. The van der Waals surface area contributed by atoms with Crippen molar-refractivity contribution in [2.45, 2.75) is 33.2 Å². The number of rotatable bonds is 5. The fraction of sp³-hybridized carbons (Fsp3) is 0.438. The van der Waals surface area contributed by atoms with Crippen molar-refractivity contribution in [2.24, 2.45) is 11.7 Å². The maximum Gasteiger partial charge on any atom is 0.270 e. The van der Waals surface area contributed by atoms with E-state index in [1.165, 1.54) is 10.6 Å². The number of nitrogens with zero attached hydrogens (tertiary/aromatic N) is 2. The molecule has 0 fully saturated rings. The maximum atomic E-state index is 12.4. The Balaban J connectivity index is 0.00000264. The Kier molecular flexibility index (Phi) is 6.72. The van der Waals surface area contributed by atoms with Gasteiger partial charge in [-0.15, -0.1) is 12.4 Å². The van der Waals surface area contributed by atoms with Gasteiger partial charge in [-0.25, -0.2) is 4.98 Å². The van der Waals surface area contributed by atoms with E-state index < -0.39 is 5.91 Å². The number of hydrogen-bond acceptors (Lipinski definition) is 4. The van der Waals surface area contributed by atoms with Gasteiger partial charge in [-0.3, -0.25) is 14.0 Å². The van der Waals surface area contributed by atoms with Crippen molar-refractivity contribution in [2.75, 3.05) is 6.54 Å². The number of pyridine rings is 1. The molecule has 0 radical (unpaired) electrons. The van der Waals surface area contributed by atoms with E-state index in [1.54, 1.807) is 12.3 Å². The van der Waals surface area contributed by atoms with Crippen molar-refractivity contribution >= 4 is 24.0 Å². The molecule has 2 heterocycles. The average Bonchev–Trinajstić information content (AvgIpc) is 2.46. The zero-order valence-electron chi connectivity index (χ0n) is 13.6. The van der Waals surface area contributed by atoms with Crippen LogP contribution in [0.2, 0.25) is 0 Å². The summed E-state index contributed by atoms with van der Waals surface area (Å²) in [5, 5.41) is 2.82. The van der Waals surface area contributed by atoms with Crippen LogP contribution in [0.25, 0.3) is 5.65 Å². The number of carbonyl (C=O) groups excluding carboxylic acids is 1. The highest BCUT2D eigenvalue weighted by atomic mass is 35.5. The van der Waals surface area contributed by atoms with Gasteiger partial charge in [-0.1, -0.05) is 19.9 Å². The van der Waals surface area contributed by atoms with Crippen molar-refractivity contribution in [3.63, 3.8) is 0 Å². The van der Waals surface area contributed by atoms with Crippen molar-refractivity contribution in [1.82, 2.24) is 14.7 Å². The molecule has 2 rings (SSSR count). The molecule has 1 atom stereocenters. The number of nitrogens with one attached hydrogen (secondary N) is 1. The molecule has 1 unspecified atom stereocenters. The number of nitrogens with two attached hydrogens (primary N) is 1. The number of carbonyl (C=O) groups is 1. The fourth-order valence-electron chi connectivity index (χ4n) is 2.38. The van der Waals surface area contributed by atoms with Crippen molar-refractivity contribution in [1.29, 1.82) is 0 Å². The van der Waals surface area contributed by atoms with E-state index in [4.69, 9.17) is 5.73 Å². The molecule has 1 amide bonds. The molecule has 0 aliphatic carbocycles. The molecule has 2 aromatic heterocycles. The standard InChI is InChI=1S/C16H22N4O2.ClH/c1-10(2)6-12(7-17)19-15(21)13-8-18-14-5-4-11(3)9-20(14)16(13)22;/h4-5,8-10,12H,6-7,17H2,1-3H3,(H,19,21);1H. The first-order valence-corrected chi connectivity index (χ1v) is 7.41. The molecule has 0 bridgehead atoms. The number of hydrogen-bond donors (Lipinski definition) is 2. The predicted octanol–water partition coefficient (Wildman–Crippen LogP) is 1.53. The monoisotopic (exact) mass is 338 g/mol. The van der Waals surface area contributed by atoms with Gasteiger partial charge in [0.05, 0.1) is 0 Å². The van der Waals surface area contributed by atoms with Gasteiger partial charge >= 0.3 is 0 Å². The highest BCUT2D eigenvalue weighted by Crippen LogP contribution is 2.05. The van der Waals surface area contributed by atoms with Crippen LogP contribution in [-0.4, -0.2) is 27.9 Å². The first-order chi connectivity index (χ1) is 10.4. The zero-order chi connectivity index (χ0) is 16.3. The normalized spacial score (nSPS) is 12.0. The molecule has 0 aliphatic rings. The summed E-state index contributed by atoms with van der Waals surface area (Å²) in [6.07, 6.45) is 3.77. The molecule has 0 aliphatic heterocycles. The van der Waals surface area contributed by atoms with Gasteiger partial charge in [0, 0.05) is 25.0 Å². The number of halogens is 1. The topological polar surface area (TPSA) is 89.5 Å².